The Balaban J connectivity index is 1.29. The number of sulfonamides is 1. The third kappa shape index (κ3) is 5.04. The third-order valence-electron chi connectivity index (χ3n) is 4.92. The zero-order chi connectivity index (χ0) is 22.7. The number of nitrogens with one attached hydrogen (secondary N) is 2. The molecule has 3 aromatic heterocycles. The lowest BCUT2D eigenvalue weighted by atomic mass is 10.2. The molecule has 0 aliphatic heterocycles. The van der Waals surface area contributed by atoms with Gasteiger partial charge in [0.25, 0.3) is 0 Å². The summed E-state index contributed by atoms with van der Waals surface area (Å²) in [6, 6.07) is 10.9. The number of nitrogens with zero attached hydrogens (tertiary/aromatic N) is 4. The quantitative estimate of drug-likeness (QED) is 0.427. The molecular formula is C22H24N6O3S. The van der Waals surface area contributed by atoms with Crippen LogP contribution in [0.4, 0.5) is 5.69 Å². The van der Waals surface area contributed by atoms with Crippen LogP contribution in [-0.4, -0.2) is 40.0 Å². The average Bonchev–Trinajstić information content (AvgIpc) is 3.33. The van der Waals surface area contributed by atoms with Crippen LogP contribution in [0.25, 0.3) is 5.65 Å². The first kappa shape index (κ1) is 21.7. The number of hydrogen-bond donors (Lipinski definition) is 2. The van der Waals surface area contributed by atoms with E-state index in [1.807, 2.05) is 48.0 Å². The van der Waals surface area contributed by atoms with E-state index in [1.165, 1.54) is 0 Å². The fourth-order valence-electron chi connectivity index (χ4n) is 3.44. The van der Waals surface area contributed by atoms with Gasteiger partial charge < -0.3 is 9.72 Å². The van der Waals surface area contributed by atoms with E-state index in [9.17, 15) is 13.2 Å². The molecule has 166 valence electrons. The number of imidazole rings is 1. The number of benzene rings is 1. The number of anilines is 1. The Kier molecular flexibility index (Phi) is 6.06. The number of fused-ring (bicyclic) bond motifs is 1. The van der Waals surface area contributed by atoms with Crippen LogP contribution in [0.15, 0.2) is 66.1 Å². The number of rotatable bonds is 8. The fraction of sp³-hybridized carbons (Fsp3) is 0.227. The fourth-order valence-corrected chi connectivity index (χ4v) is 4.70. The van der Waals surface area contributed by atoms with Crippen molar-refractivity contribution in [1.82, 2.24) is 23.9 Å². The predicted octanol–water partition coefficient (Wildman–Crippen LogP) is 2.50. The summed E-state index contributed by atoms with van der Waals surface area (Å²) in [5.41, 5.74) is 3.89. The molecule has 0 atom stereocenters. The Labute approximate surface area is 186 Å². The van der Waals surface area contributed by atoms with Crippen molar-refractivity contribution in [3.05, 3.63) is 78.0 Å². The molecule has 0 aliphatic rings. The summed E-state index contributed by atoms with van der Waals surface area (Å²) < 4.78 is 31.1. The predicted molar refractivity (Wildman–Crippen MR) is 121 cm³/mol. The van der Waals surface area contributed by atoms with E-state index >= 15 is 0 Å². The van der Waals surface area contributed by atoms with E-state index < -0.39 is 10.0 Å². The molecule has 0 fully saturated rings. The number of aromatic nitrogens is 4. The Morgan fingerprint density at radius 1 is 1.12 bits per heavy atom. The van der Waals surface area contributed by atoms with E-state index in [4.69, 9.17) is 0 Å². The van der Waals surface area contributed by atoms with Gasteiger partial charge in [-0.3, -0.25) is 9.48 Å². The lowest BCUT2D eigenvalue weighted by molar-refractivity contribution is -0.116. The van der Waals surface area contributed by atoms with Crippen molar-refractivity contribution in [1.29, 1.82) is 0 Å². The highest BCUT2D eigenvalue weighted by molar-refractivity contribution is 7.89. The van der Waals surface area contributed by atoms with E-state index in [1.54, 1.807) is 36.1 Å². The van der Waals surface area contributed by atoms with E-state index in [-0.39, 0.29) is 23.8 Å². The molecule has 0 saturated heterocycles. The molecular weight excluding hydrogens is 428 g/mol. The third-order valence-corrected chi connectivity index (χ3v) is 6.54. The van der Waals surface area contributed by atoms with Gasteiger partial charge in [0.15, 0.2) is 0 Å². The first-order chi connectivity index (χ1) is 15.3. The summed E-state index contributed by atoms with van der Waals surface area (Å²) in [5.74, 6) is -0.305. The second-order valence-electron chi connectivity index (χ2n) is 7.59. The Bertz CT molecular complexity index is 1340. The van der Waals surface area contributed by atoms with Crippen molar-refractivity contribution in [3.63, 3.8) is 0 Å². The van der Waals surface area contributed by atoms with Gasteiger partial charge in [0.05, 0.1) is 29.0 Å². The molecule has 0 spiro atoms. The largest absolute Gasteiger partial charge is 0.323 e. The van der Waals surface area contributed by atoms with Gasteiger partial charge in [-0.2, -0.15) is 5.10 Å². The maximum absolute atomic E-state index is 12.5. The van der Waals surface area contributed by atoms with Gasteiger partial charge in [0.2, 0.25) is 15.9 Å². The van der Waals surface area contributed by atoms with Crippen LogP contribution in [0.5, 0.6) is 0 Å². The molecule has 1 amide bonds. The minimum Gasteiger partial charge on any atom is -0.323 e. The second-order valence-corrected chi connectivity index (χ2v) is 9.33. The summed E-state index contributed by atoms with van der Waals surface area (Å²) in [6.07, 6.45) is 7.11. The van der Waals surface area contributed by atoms with Crippen molar-refractivity contribution < 1.29 is 13.2 Å². The molecule has 9 nitrogen and oxygen atoms in total. The van der Waals surface area contributed by atoms with Gasteiger partial charge >= 0.3 is 0 Å². The Hall–Kier alpha value is -3.50. The summed E-state index contributed by atoms with van der Waals surface area (Å²) in [5, 5.41) is 6.99. The zero-order valence-corrected chi connectivity index (χ0v) is 18.6. The normalized spacial score (nSPS) is 11.7. The maximum Gasteiger partial charge on any atom is 0.240 e. The van der Waals surface area contributed by atoms with Gasteiger partial charge in [0.1, 0.15) is 5.65 Å². The van der Waals surface area contributed by atoms with E-state index in [0.29, 0.717) is 17.8 Å². The summed E-state index contributed by atoms with van der Waals surface area (Å²) in [6.45, 7) is 4.11. The SMILES string of the molecule is Cc1ccc(S(=O)(=O)NCCC(=O)Nc2cnn(Cc3cn4ccccc4n3)c2)c(C)c1. The molecule has 10 heteroatoms. The van der Waals surface area contributed by atoms with Crippen molar-refractivity contribution in [3.8, 4) is 0 Å². The number of aryl methyl sites for hydroxylation is 2. The lowest BCUT2D eigenvalue weighted by Gasteiger charge is -2.10. The number of amides is 1. The highest BCUT2D eigenvalue weighted by Crippen LogP contribution is 2.16. The van der Waals surface area contributed by atoms with Gasteiger partial charge in [0, 0.05) is 31.6 Å². The van der Waals surface area contributed by atoms with Crippen LogP contribution in [0.1, 0.15) is 23.2 Å². The van der Waals surface area contributed by atoms with Crippen molar-refractivity contribution in [2.24, 2.45) is 0 Å². The summed E-state index contributed by atoms with van der Waals surface area (Å²) >= 11 is 0. The molecule has 0 aliphatic carbocycles. The van der Waals surface area contributed by atoms with E-state index in [0.717, 1.165) is 16.9 Å². The summed E-state index contributed by atoms with van der Waals surface area (Å²) in [7, 11) is -3.67. The number of carbonyl (C=O) groups is 1. The Morgan fingerprint density at radius 2 is 1.97 bits per heavy atom. The molecule has 32 heavy (non-hydrogen) atoms. The monoisotopic (exact) mass is 452 g/mol. The van der Waals surface area contributed by atoms with Crippen LogP contribution in [0.3, 0.4) is 0 Å². The van der Waals surface area contributed by atoms with Crippen LogP contribution < -0.4 is 10.0 Å². The lowest BCUT2D eigenvalue weighted by Crippen LogP contribution is -2.28. The number of pyridine rings is 1. The molecule has 1 aromatic carbocycles. The van der Waals surface area contributed by atoms with Crippen LogP contribution in [0.2, 0.25) is 0 Å². The molecule has 0 bridgehead atoms. The van der Waals surface area contributed by atoms with Gasteiger partial charge in [-0.05, 0) is 37.6 Å². The second kappa shape index (κ2) is 8.93. The molecule has 0 saturated carbocycles. The minimum atomic E-state index is -3.67. The van der Waals surface area contributed by atoms with Gasteiger partial charge in [-0.25, -0.2) is 18.1 Å². The maximum atomic E-state index is 12.5. The highest BCUT2D eigenvalue weighted by Gasteiger charge is 2.17. The first-order valence-corrected chi connectivity index (χ1v) is 11.6. The van der Waals surface area contributed by atoms with Crippen LogP contribution in [0, 0.1) is 13.8 Å². The Morgan fingerprint density at radius 3 is 2.75 bits per heavy atom. The average molecular weight is 453 g/mol. The van der Waals surface area contributed by atoms with Gasteiger partial charge in [-0.15, -0.1) is 0 Å². The molecule has 4 aromatic rings. The van der Waals surface area contributed by atoms with Gasteiger partial charge in [-0.1, -0.05) is 23.8 Å². The number of carbonyl (C=O) groups excluding carboxylic acids is 1. The van der Waals surface area contributed by atoms with Crippen molar-refractivity contribution in [2.45, 2.75) is 31.7 Å². The molecule has 0 unspecified atom stereocenters. The van der Waals surface area contributed by atoms with E-state index in [2.05, 4.69) is 20.1 Å². The summed E-state index contributed by atoms with van der Waals surface area (Å²) in [4.78, 5) is 17.0. The van der Waals surface area contributed by atoms with Crippen molar-refractivity contribution >= 4 is 27.3 Å². The first-order valence-electron chi connectivity index (χ1n) is 10.1. The standard InChI is InChI=1S/C22H24N6O3S/c1-16-6-7-20(17(2)11-16)32(30,31)24-9-8-22(29)26-18-12-23-28(14-18)15-19-13-27-10-4-3-5-21(27)25-19/h3-7,10-14,24H,8-9,15H2,1-2H3,(H,26,29). The zero-order valence-electron chi connectivity index (χ0n) is 17.8. The molecule has 2 N–H and O–H groups in total. The topological polar surface area (TPSA) is 110 Å². The van der Waals surface area contributed by atoms with Crippen LogP contribution >= 0.6 is 0 Å². The molecule has 0 radical (unpaired) electrons. The minimum absolute atomic E-state index is 0.00174. The smallest absolute Gasteiger partial charge is 0.240 e. The highest BCUT2D eigenvalue weighted by atomic mass is 32.2. The van der Waals surface area contributed by atoms with Crippen LogP contribution in [-0.2, 0) is 21.4 Å². The molecule has 3 heterocycles. The molecule has 4 rings (SSSR count). The van der Waals surface area contributed by atoms with Crippen molar-refractivity contribution in [2.75, 3.05) is 11.9 Å². The number of hydrogen-bond acceptors (Lipinski definition) is 5.